The summed E-state index contributed by atoms with van der Waals surface area (Å²) in [5.41, 5.74) is 0.230. The number of nitrogens with zero attached hydrogens (tertiary/aromatic N) is 1. The number of rotatable bonds is 6. The van der Waals surface area contributed by atoms with E-state index in [1.54, 1.807) is 0 Å². The molecule has 0 radical (unpaired) electrons. The first-order chi connectivity index (χ1) is 5.99. The zero-order chi connectivity index (χ0) is 10.3. The van der Waals surface area contributed by atoms with Crippen LogP contribution in [0.2, 0.25) is 0 Å². The lowest BCUT2D eigenvalue weighted by molar-refractivity contribution is 0.297. The summed E-state index contributed by atoms with van der Waals surface area (Å²) in [5, 5.41) is 3.47. The third-order valence-electron chi connectivity index (χ3n) is 1.92. The molecule has 1 N–H and O–H groups in total. The second-order valence-electron chi connectivity index (χ2n) is 4.36. The average molecular weight is 184 g/mol. The van der Waals surface area contributed by atoms with Crippen LogP contribution >= 0.6 is 0 Å². The number of nitrogens with one attached hydrogen (secondary N) is 1. The molecule has 0 aliphatic carbocycles. The Kier molecular flexibility index (Phi) is 6.00. The quantitative estimate of drug-likeness (QED) is 0.634. The molecule has 0 aliphatic rings. The van der Waals surface area contributed by atoms with Gasteiger partial charge in [0.05, 0.1) is 0 Å². The Labute approximate surface area is 83.0 Å². The Morgan fingerprint density at radius 3 is 2.38 bits per heavy atom. The molecule has 13 heavy (non-hydrogen) atoms. The molecule has 0 heterocycles. The van der Waals surface area contributed by atoms with Crippen LogP contribution in [0.5, 0.6) is 0 Å². The molecule has 0 rings (SSSR count). The summed E-state index contributed by atoms with van der Waals surface area (Å²) < 4.78 is 0. The molecule has 0 aromatic rings. The van der Waals surface area contributed by atoms with E-state index in [0.717, 1.165) is 26.2 Å². The predicted octanol–water partition coefficient (Wildman–Crippen LogP) is 1.88. The molecule has 0 saturated carbocycles. The van der Waals surface area contributed by atoms with Gasteiger partial charge in [0.25, 0.3) is 0 Å². The highest BCUT2D eigenvalue weighted by Gasteiger charge is 2.08. The maximum atomic E-state index is 3.74. The largest absolute Gasteiger partial charge is 0.311 e. The summed E-state index contributed by atoms with van der Waals surface area (Å²) >= 11 is 0. The summed E-state index contributed by atoms with van der Waals surface area (Å²) in [4.78, 5) is 2.37. The van der Waals surface area contributed by atoms with Crippen LogP contribution in [0.4, 0.5) is 0 Å². The Balaban J connectivity index is 3.54. The highest BCUT2D eigenvalue weighted by atomic mass is 15.1. The molecule has 0 amide bonds. The third kappa shape index (κ3) is 8.00. The molecule has 0 spiro atoms. The molecule has 0 unspecified atom stereocenters. The molecule has 0 atom stereocenters. The number of likely N-dealkylation sites (N-methyl/N-ethyl adjacent to an activating group) is 1. The van der Waals surface area contributed by atoms with Crippen LogP contribution in [-0.2, 0) is 0 Å². The van der Waals surface area contributed by atoms with E-state index >= 15 is 0 Å². The second-order valence-corrected chi connectivity index (χ2v) is 4.36. The van der Waals surface area contributed by atoms with Crippen molar-refractivity contribution in [2.75, 3.05) is 26.2 Å². The highest BCUT2D eigenvalue weighted by molar-refractivity contribution is 4.75. The highest BCUT2D eigenvalue weighted by Crippen LogP contribution is 1.97. The van der Waals surface area contributed by atoms with Crippen LogP contribution < -0.4 is 5.32 Å². The molecule has 0 aromatic carbocycles. The van der Waals surface area contributed by atoms with Gasteiger partial charge in [-0.05, 0) is 27.3 Å². The minimum Gasteiger partial charge on any atom is -0.311 e. The fourth-order valence-electron chi connectivity index (χ4n) is 1.15. The van der Waals surface area contributed by atoms with E-state index in [1.807, 2.05) is 6.08 Å². The van der Waals surface area contributed by atoms with Crippen LogP contribution in [0.1, 0.15) is 27.7 Å². The van der Waals surface area contributed by atoms with Gasteiger partial charge in [-0.2, -0.15) is 0 Å². The van der Waals surface area contributed by atoms with Crippen molar-refractivity contribution in [2.24, 2.45) is 0 Å². The van der Waals surface area contributed by atoms with E-state index in [-0.39, 0.29) is 5.54 Å². The van der Waals surface area contributed by atoms with Gasteiger partial charge in [0, 0.05) is 25.2 Å². The monoisotopic (exact) mass is 184 g/mol. The van der Waals surface area contributed by atoms with Crippen molar-refractivity contribution in [1.82, 2.24) is 10.2 Å². The number of hydrogen-bond donors (Lipinski definition) is 1. The summed E-state index contributed by atoms with van der Waals surface area (Å²) in [6.07, 6.45) is 1.96. The molecule has 0 saturated heterocycles. The summed E-state index contributed by atoms with van der Waals surface area (Å²) in [5.74, 6) is 0. The van der Waals surface area contributed by atoms with Crippen molar-refractivity contribution >= 4 is 0 Å². The molecule has 78 valence electrons. The molecule has 2 heteroatoms. The lowest BCUT2D eigenvalue weighted by Crippen LogP contribution is -2.41. The average Bonchev–Trinajstić information content (AvgIpc) is 2.01. The fourth-order valence-corrected chi connectivity index (χ4v) is 1.15. The molecule has 0 fully saturated rings. The van der Waals surface area contributed by atoms with Crippen molar-refractivity contribution in [2.45, 2.75) is 33.2 Å². The lowest BCUT2D eigenvalue weighted by Gasteiger charge is -2.24. The number of hydrogen-bond acceptors (Lipinski definition) is 2. The van der Waals surface area contributed by atoms with Gasteiger partial charge in [0.1, 0.15) is 0 Å². The van der Waals surface area contributed by atoms with E-state index < -0.39 is 0 Å². The standard InChI is InChI=1S/C11H24N2/c1-6-9-13(7-2)10-8-12-11(3,4)5/h6,12H,1,7-10H2,2-5H3. The zero-order valence-electron chi connectivity index (χ0n) is 9.56. The van der Waals surface area contributed by atoms with Crippen molar-refractivity contribution in [3.63, 3.8) is 0 Å². The smallest absolute Gasteiger partial charge is 0.0161 e. The van der Waals surface area contributed by atoms with Crippen LogP contribution in [0, 0.1) is 0 Å². The molecular weight excluding hydrogens is 160 g/mol. The van der Waals surface area contributed by atoms with E-state index in [0.29, 0.717) is 0 Å². The van der Waals surface area contributed by atoms with Gasteiger partial charge < -0.3 is 5.32 Å². The van der Waals surface area contributed by atoms with Crippen LogP contribution in [0.3, 0.4) is 0 Å². The second kappa shape index (κ2) is 6.17. The Hall–Kier alpha value is -0.340. The van der Waals surface area contributed by atoms with Gasteiger partial charge >= 0.3 is 0 Å². The van der Waals surface area contributed by atoms with E-state index in [1.165, 1.54) is 0 Å². The van der Waals surface area contributed by atoms with Crippen molar-refractivity contribution in [3.05, 3.63) is 12.7 Å². The molecule has 2 nitrogen and oxygen atoms in total. The van der Waals surface area contributed by atoms with Gasteiger partial charge in [-0.3, -0.25) is 4.90 Å². The van der Waals surface area contributed by atoms with Crippen molar-refractivity contribution < 1.29 is 0 Å². The van der Waals surface area contributed by atoms with E-state index in [2.05, 4.69) is 44.5 Å². The minimum atomic E-state index is 0.230. The van der Waals surface area contributed by atoms with E-state index in [9.17, 15) is 0 Å². The first-order valence-corrected chi connectivity index (χ1v) is 5.08. The third-order valence-corrected chi connectivity index (χ3v) is 1.92. The molecule has 0 aromatic heterocycles. The summed E-state index contributed by atoms with van der Waals surface area (Å²) in [6, 6.07) is 0. The van der Waals surface area contributed by atoms with Crippen molar-refractivity contribution in [1.29, 1.82) is 0 Å². The van der Waals surface area contributed by atoms with Gasteiger partial charge in [-0.1, -0.05) is 13.0 Å². The molecular formula is C11H24N2. The van der Waals surface area contributed by atoms with Crippen LogP contribution in [0.25, 0.3) is 0 Å². The van der Waals surface area contributed by atoms with Gasteiger partial charge in [-0.15, -0.1) is 6.58 Å². The van der Waals surface area contributed by atoms with Gasteiger partial charge in [0.2, 0.25) is 0 Å². The Morgan fingerprint density at radius 1 is 1.38 bits per heavy atom. The normalized spacial score (nSPS) is 12.1. The first-order valence-electron chi connectivity index (χ1n) is 5.08. The van der Waals surface area contributed by atoms with Crippen LogP contribution in [-0.4, -0.2) is 36.6 Å². The maximum absolute atomic E-state index is 3.74. The first kappa shape index (κ1) is 12.7. The zero-order valence-corrected chi connectivity index (χ0v) is 9.56. The predicted molar refractivity (Wildman–Crippen MR) is 60.1 cm³/mol. The Morgan fingerprint density at radius 2 is 2.00 bits per heavy atom. The topological polar surface area (TPSA) is 15.3 Å². The summed E-state index contributed by atoms with van der Waals surface area (Å²) in [7, 11) is 0. The Bertz CT molecular complexity index is 136. The van der Waals surface area contributed by atoms with Crippen molar-refractivity contribution in [3.8, 4) is 0 Å². The fraction of sp³-hybridized carbons (Fsp3) is 0.818. The van der Waals surface area contributed by atoms with Crippen LogP contribution in [0.15, 0.2) is 12.7 Å². The molecule has 0 bridgehead atoms. The lowest BCUT2D eigenvalue weighted by atomic mass is 10.1. The SMILES string of the molecule is C=CCN(CC)CCNC(C)(C)C. The van der Waals surface area contributed by atoms with Gasteiger partial charge in [-0.25, -0.2) is 0 Å². The summed E-state index contributed by atoms with van der Waals surface area (Å²) in [6.45, 7) is 16.7. The minimum absolute atomic E-state index is 0.230. The molecule has 0 aliphatic heterocycles. The maximum Gasteiger partial charge on any atom is 0.0161 e. The van der Waals surface area contributed by atoms with E-state index in [4.69, 9.17) is 0 Å². The van der Waals surface area contributed by atoms with Gasteiger partial charge in [0.15, 0.2) is 0 Å².